The Hall–Kier alpha value is -3.90. The normalized spacial score (nSPS) is 11.4. The summed E-state index contributed by atoms with van der Waals surface area (Å²) in [7, 11) is 0. The van der Waals surface area contributed by atoms with Crippen molar-refractivity contribution < 1.29 is 19.0 Å². The number of nitrogens with one attached hydrogen (secondary N) is 1. The number of ether oxygens (including phenoxy) is 3. The number of rotatable bonds is 12. The van der Waals surface area contributed by atoms with Crippen molar-refractivity contribution >= 4 is 28.5 Å². The fourth-order valence-electron chi connectivity index (χ4n) is 3.55. The van der Waals surface area contributed by atoms with Gasteiger partial charge in [-0.05, 0) is 60.7 Å². The second kappa shape index (κ2) is 13.6. The van der Waals surface area contributed by atoms with E-state index in [0.717, 1.165) is 21.9 Å². The maximum absolute atomic E-state index is 12.7. The number of carbonyl (C=O) groups excluding carboxylic acids is 1. The van der Waals surface area contributed by atoms with Gasteiger partial charge in [-0.2, -0.15) is 5.26 Å². The number of hydrogen-bond acceptors (Lipinski definition) is 8. The number of carbonyl (C=O) groups is 1. The van der Waals surface area contributed by atoms with E-state index in [0.29, 0.717) is 47.9 Å². The van der Waals surface area contributed by atoms with Gasteiger partial charge in [-0.15, -0.1) is 10.2 Å². The Labute approximate surface area is 228 Å². The van der Waals surface area contributed by atoms with Crippen LogP contribution in [0.25, 0.3) is 6.08 Å². The van der Waals surface area contributed by atoms with Crippen molar-refractivity contribution in [3.63, 3.8) is 0 Å². The molecule has 38 heavy (non-hydrogen) atoms. The molecule has 1 heterocycles. The number of hydrogen-bond donors (Lipinski definition) is 1. The molecule has 0 aliphatic heterocycles. The molecule has 0 bridgehead atoms. The van der Waals surface area contributed by atoms with Crippen LogP contribution in [0.4, 0.5) is 5.13 Å². The molecular formula is C29H34N4O4S. The highest BCUT2D eigenvalue weighted by molar-refractivity contribution is 7.15. The Morgan fingerprint density at radius 1 is 1.00 bits per heavy atom. The molecule has 1 N–H and O–H groups in total. The van der Waals surface area contributed by atoms with Crippen LogP contribution in [-0.4, -0.2) is 35.9 Å². The minimum absolute atomic E-state index is 0.0603. The van der Waals surface area contributed by atoms with Gasteiger partial charge in [0, 0.05) is 5.92 Å². The average Bonchev–Trinajstić information content (AvgIpc) is 3.35. The van der Waals surface area contributed by atoms with E-state index in [9.17, 15) is 10.1 Å². The Bertz CT molecular complexity index is 1320. The van der Waals surface area contributed by atoms with Gasteiger partial charge in [-0.3, -0.25) is 10.1 Å². The van der Waals surface area contributed by atoms with Crippen molar-refractivity contribution in [2.75, 3.05) is 25.1 Å². The first-order valence-electron chi connectivity index (χ1n) is 12.6. The van der Waals surface area contributed by atoms with E-state index in [1.54, 1.807) is 18.2 Å². The first kappa shape index (κ1) is 28.7. The van der Waals surface area contributed by atoms with Crippen LogP contribution in [0.15, 0.2) is 42.0 Å². The molecule has 0 saturated carbocycles. The van der Waals surface area contributed by atoms with Gasteiger partial charge < -0.3 is 14.2 Å². The quantitative estimate of drug-likeness (QED) is 0.161. The molecule has 9 heteroatoms. The average molecular weight is 535 g/mol. The minimum atomic E-state index is -0.550. The number of amides is 1. The van der Waals surface area contributed by atoms with Crippen LogP contribution < -0.4 is 19.5 Å². The molecule has 3 aromatic rings. The maximum atomic E-state index is 12.7. The summed E-state index contributed by atoms with van der Waals surface area (Å²) in [6.07, 6.45) is 1.50. The van der Waals surface area contributed by atoms with E-state index in [2.05, 4.69) is 41.5 Å². The second-order valence-electron chi connectivity index (χ2n) is 9.26. The molecule has 0 unspecified atom stereocenters. The predicted octanol–water partition coefficient (Wildman–Crippen LogP) is 6.50. The third-order valence-corrected chi connectivity index (χ3v) is 6.63. The van der Waals surface area contributed by atoms with E-state index in [-0.39, 0.29) is 11.5 Å². The summed E-state index contributed by atoms with van der Waals surface area (Å²) in [6.45, 7) is 13.3. The van der Waals surface area contributed by atoms with Crippen molar-refractivity contribution in [1.29, 1.82) is 5.26 Å². The van der Waals surface area contributed by atoms with Crippen molar-refractivity contribution in [3.8, 4) is 23.3 Å². The van der Waals surface area contributed by atoms with Crippen LogP contribution in [0.3, 0.4) is 0 Å². The van der Waals surface area contributed by atoms with E-state index >= 15 is 0 Å². The van der Waals surface area contributed by atoms with E-state index < -0.39 is 5.91 Å². The summed E-state index contributed by atoms with van der Waals surface area (Å²) >= 11 is 1.29. The Balaban J connectivity index is 1.67. The highest BCUT2D eigenvalue weighted by Gasteiger charge is 2.15. The molecule has 8 nitrogen and oxygen atoms in total. The number of nitriles is 1. The van der Waals surface area contributed by atoms with Crippen molar-refractivity contribution in [2.24, 2.45) is 0 Å². The van der Waals surface area contributed by atoms with Crippen LogP contribution in [0, 0.1) is 18.3 Å². The number of anilines is 1. The Kier molecular flexibility index (Phi) is 10.3. The van der Waals surface area contributed by atoms with Gasteiger partial charge in [-0.1, -0.05) is 57.2 Å². The molecule has 0 spiro atoms. The van der Waals surface area contributed by atoms with Gasteiger partial charge in [0.2, 0.25) is 5.13 Å². The second-order valence-corrected chi connectivity index (χ2v) is 10.3. The molecule has 200 valence electrons. The summed E-state index contributed by atoms with van der Waals surface area (Å²) in [4.78, 5) is 12.7. The molecule has 1 aromatic heterocycles. The summed E-state index contributed by atoms with van der Waals surface area (Å²) in [6, 6.07) is 13.4. The van der Waals surface area contributed by atoms with Crippen molar-refractivity contribution in [2.45, 2.75) is 53.4 Å². The molecule has 0 fully saturated rings. The number of nitrogens with zero attached hydrogens (tertiary/aromatic N) is 3. The summed E-state index contributed by atoms with van der Waals surface area (Å²) < 4.78 is 17.7. The summed E-state index contributed by atoms with van der Waals surface area (Å²) in [5.74, 6) is 1.94. The first-order chi connectivity index (χ1) is 18.2. The molecule has 2 aromatic carbocycles. The van der Waals surface area contributed by atoms with Gasteiger partial charge in [0.05, 0.1) is 6.61 Å². The van der Waals surface area contributed by atoms with E-state index in [4.69, 9.17) is 14.2 Å². The van der Waals surface area contributed by atoms with Crippen LogP contribution in [0.1, 0.15) is 68.2 Å². The van der Waals surface area contributed by atoms with Crippen LogP contribution in [0.5, 0.6) is 17.2 Å². The summed E-state index contributed by atoms with van der Waals surface area (Å²) in [5, 5.41) is 21.4. The van der Waals surface area contributed by atoms with Gasteiger partial charge >= 0.3 is 0 Å². The molecule has 0 aliphatic rings. The monoisotopic (exact) mass is 534 g/mol. The lowest BCUT2D eigenvalue weighted by atomic mass is 10.0. The van der Waals surface area contributed by atoms with Gasteiger partial charge in [0.25, 0.3) is 5.91 Å². The fraction of sp³-hybridized carbons (Fsp3) is 0.379. The molecule has 0 atom stereocenters. The highest BCUT2D eigenvalue weighted by Crippen LogP contribution is 2.31. The minimum Gasteiger partial charge on any atom is -0.490 e. The third kappa shape index (κ3) is 7.80. The lowest BCUT2D eigenvalue weighted by molar-refractivity contribution is -0.112. The van der Waals surface area contributed by atoms with Gasteiger partial charge in [0.1, 0.15) is 35.6 Å². The van der Waals surface area contributed by atoms with E-state index in [1.807, 2.05) is 39.8 Å². The topological polar surface area (TPSA) is 106 Å². The number of aryl methyl sites for hydroxylation is 1. The van der Waals surface area contributed by atoms with Gasteiger partial charge in [0.15, 0.2) is 11.5 Å². The van der Waals surface area contributed by atoms with Crippen molar-refractivity contribution in [1.82, 2.24) is 10.2 Å². The van der Waals surface area contributed by atoms with Crippen LogP contribution >= 0.6 is 11.3 Å². The predicted molar refractivity (Wildman–Crippen MR) is 150 cm³/mol. The number of aromatic nitrogens is 2. The largest absolute Gasteiger partial charge is 0.490 e. The maximum Gasteiger partial charge on any atom is 0.268 e. The SMILES string of the molecule is CCOc1cc(C=C(C#N)C(=O)Nc2nnc(C(C)C)s2)ccc1OCCOc1cc(C)ccc1C(C)C. The molecule has 3 rings (SSSR count). The standard InChI is InChI=1S/C29H34N4O4S/c1-7-35-26-16-21(15-22(17-30)27(34)31-29-33-32-28(38-29)19(4)5)9-11-24(26)36-12-13-37-25-14-20(6)8-10-23(25)18(2)3/h8-11,14-16,18-19H,7,12-13H2,1-6H3,(H,31,33,34). The van der Waals surface area contributed by atoms with Crippen molar-refractivity contribution in [3.05, 3.63) is 63.7 Å². The Morgan fingerprint density at radius 2 is 1.74 bits per heavy atom. The zero-order valence-corrected chi connectivity index (χ0v) is 23.5. The summed E-state index contributed by atoms with van der Waals surface area (Å²) in [5.41, 5.74) is 2.87. The number of benzene rings is 2. The van der Waals surface area contributed by atoms with Gasteiger partial charge in [-0.25, -0.2) is 0 Å². The Morgan fingerprint density at radius 3 is 2.37 bits per heavy atom. The molecular weight excluding hydrogens is 500 g/mol. The molecule has 1 amide bonds. The smallest absolute Gasteiger partial charge is 0.268 e. The lowest BCUT2D eigenvalue weighted by Gasteiger charge is -2.16. The van der Waals surface area contributed by atoms with Crippen LogP contribution in [0.2, 0.25) is 0 Å². The molecule has 0 saturated heterocycles. The zero-order valence-electron chi connectivity index (χ0n) is 22.7. The molecule has 0 radical (unpaired) electrons. The first-order valence-corrected chi connectivity index (χ1v) is 13.4. The fourth-order valence-corrected chi connectivity index (χ4v) is 4.29. The van der Waals surface area contributed by atoms with Crippen LogP contribution in [-0.2, 0) is 4.79 Å². The highest BCUT2D eigenvalue weighted by atomic mass is 32.1. The zero-order chi connectivity index (χ0) is 27.7. The van der Waals surface area contributed by atoms with E-state index in [1.165, 1.54) is 17.4 Å². The lowest BCUT2D eigenvalue weighted by Crippen LogP contribution is -2.13. The third-order valence-electron chi connectivity index (χ3n) is 5.49. The molecule has 0 aliphatic carbocycles.